The molecule has 0 radical (unpaired) electrons. The zero-order valence-corrected chi connectivity index (χ0v) is 11.2. The third-order valence-corrected chi connectivity index (χ3v) is 3.64. The van der Waals surface area contributed by atoms with E-state index in [1.165, 1.54) is 0 Å². The summed E-state index contributed by atoms with van der Waals surface area (Å²) in [4.78, 5) is 14.5. The summed E-state index contributed by atoms with van der Waals surface area (Å²) in [5.74, 6) is -0.459. The van der Waals surface area contributed by atoms with Gasteiger partial charge in [0.1, 0.15) is 0 Å². The first-order valence-corrected chi connectivity index (χ1v) is 6.41. The average Bonchev–Trinajstić information content (AvgIpc) is 2.89. The molecule has 4 nitrogen and oxygen atoms in total. The van der Waals surface area contributed by atoms with Gasteiger partial charge in [-0.3, -0.25) is 4.79 Å². The number of nitrogen functional groups attached to an aromatic ring is 1. The van der Waals surface area contributed by atoms with E-state index in [9.17, 15) is 4.79 Å². The first-order valence-electron chi connectivity index (χ1n) is 6.03. The van der Waals surface area contributed by atoms with Crippen LogP contribution in [0.5, 0.6) is 0 Å². The molecule has 3 rings (SSSR count). The SMILES string of the molecule is NC(=O)c1ccc(-c2ccc(Cl)c(N)c2)c2cc[nH]c12. The maximum atomic E-state index is 11.4. The lowest BCUT2D eigenvalue weighted by molar-refractivity contribution is 0.100. The molecule has 0 atom stereocenters. The molecule has 0 saturated heterocycles. The van der Waals surface area contributed by atoms with Gasteiger partial charge in [-0.15, -0.1) is 0 Å². The van der Waals surface area contributed by atoms with E-state index in [0.29, 0.717) is 16.3 Å². The first kappa shape index (κ1) is 12.6. The van der Waals surface area contributed by atoms with E-state index < -0.39 is 5.91 Å². The zero-order valence-electron chi connectivity index (χ0n) is 10.5. The molecule has 100 valence electrons. The molecule has 0 aliphatic carbocycles. The van der Waals surface area contributed by atoms with E-state index in [4.69, 9.17) is 23.1 Å². The van der Waals surface area contributed by atoms with Crippen LogP contribution in [0.15, 0.2) is 42.6 Å². The predicted octanol–water partition coefficient (Wildman–Crippen LogP) is 3.17. The molecular formula is C15H12ClN3O. The third-order valence-electron chi connectivity index (χ3n) is 3.30. The molecule has 0 aliphatic heterocycles. The fraction of sp³-hybridized carbons (Fsp3) is 0. The van der Waals surface area contributed by atoms with Gasteiger partial charge < -0.3 is 16.5 Å². The molecule has 20 heavy (non-hydrogen) atoms. The van der Waals surface area contributed by atoms with Crippen LogP contribution in [0.3, 0.4) is 0 Å². The van der Waals surface area contributed by atoms with Crippen molar-refractivity contribution in [3.8, 4) is 11.1 Å². The normalized spacial score (nSPS) is 10.8. The minimum atomic E-state index is -0.459. The van der Waals surface area contributed by atoms with E-state index in [1.807, 2.05) is 24.3 Å². The zero-order chi connectivity index (χ0) is 14.3. The molecule has 1 amide bonds. The van der Waals surface area contributed by atoms with Crippen molar-refractivity contribution in [3.05, 3.63) is 53.2 Å². The molecule has 0 unspecified atom stereocenters. The molecule has 0 aliphatic rings. The van der Waals surface area contributed by atoms with Gasteiger partial charge in [0.15, 0.2) is 0 Å². The van der Waals surface area contributed by atoms with E-state index >= 15 is 0 Å². The Morgan fingerprint density at radius 2 is 1.95 bits per heavy atom. The maximum Gasteiger partial charge on any atom is 0.250 e. The Labute approximate surface area is 120 Å². The van der Waals surface area contributed by atoms with Gasteiger partial charge in [-0.05, 0) is 35.4 Å². The van der Waals surface area contributed by atoms with Crippen LogP contribution < -0.4 is 11.5 Å². The topological polar surface area (TPSA) is 84.9 Å². The number of aromatic amines is 1. The van der Waals surface area contributed by atoms with Crippen LogP contribution in [0.1, 0.15) is 10.4 Å². The second-order valence-corrected chi connectivity index (χ2v) is 4.93. The van der Waals surface area contributed by atoms with Crippen molar-refractivity contribution < 1.29 is 4.79 Å². The largest absolute Gasteiger partial charge is 0.398 e. The van der Waals surface area contributed by atoms with Gasteiger partial charge in [0, 0.05) is 11.6 Å². The number of hydrogen-bond acceptors (Lipinski definition) is 2. The van der Waals surface area contributed by atoms with E-state index in [-0.39, 0.29) is 0 Å². The van der Waals surface area contributed by atoms with Crippen molar-refractivity contribution in [3.63, 3.8) is 0 Å². The second kappa shape index (κ2) is 4.58. The molecule has 5 heteroatoms. The lowest BCUT2D eigenvalue weighted by Crippen LogP contribution is -2.11. The van der Waals surface area contributed by atoms with Crippen LogP contribution in [-0.2, 0) is 0 Å². The number of hydrogen-bond donors (Lipinski definition) is 3. The monoisotopic (exact) mass is 285 g/mol. The Kier molecular flexibility index (Phi) is 2.88. The molecule has 2 aromatic carbocycles. The Morgan fingerprint density at radius 1 is 1.15 bits per heavy atom. The highest BCUT2D eigenvalue weighted by atomic mass is 35.5. The standard InChI is InChI=1S/C15H12ClN3O/c16-12-4-1-8(7-13(12)17)9-2-3-11(15(18)20)14-10(9)5-6-19-14/h1-7,19H,17H2,(H2,18,20). The quantitative estimate of drug-likeness (QED) is 0.632. The molecule has 5 N–H and O–H groups in total. The Balaban J connectivity index is 2.27. The van der Waals surface area contributed by atoms with Gasteiger partial charge >= 0.3 is 0 Å². The van der Waals surface area contributed by atoms with Crippen molar-refractivity contribution in [2.75, 3.05) is 5.73 Å². The van der Waals surface area contributed by atoms with E-state index in [2.05, 4.69) is 4.98 Å². The second-order valence-electron chi connectivity index (χ2n) is 4.53. The summed E-state index contributed by atoms with van der Waals surface area (Å²) in [6.07, 6.45) is 1.78. The molecular weight excluding hydrogens is 274 g/mol. The molecule has 0 saturated carbocycles. The number of amides is 1. The summed E-state index contributed by atoms with van der Waals surface area (Å²) in [5, 5.41) is 1.44. The molecule has 0 fully saturated rings. The number of anilines is 1. The van der Waals surface area contributed by atoms with Crippen molar-refractivity contribution >= 4 is 34.1 Å². The van der Waals surface area contributed by atoms with Gasteiger partial charge in [0.25, 0.3) is 5.91 Å². The van der Waals surface area contributed by atoms with Crippen LogP contribution >= 0.6 is 11.6 Å². The number of nitrogens with one attached hydrogen (secondary N) is 1. The van der Waals surface area contributed by atoms with Crippen LogP contribution in [0.4, 0.5) is 5.69 Å². The number of rotatable bonds is 2. The highest BCUT2D eigenvalue weighted by Crippen LogP contribution is 2.33. The molecule has 1 heterocycles. The van der Waals surface area contributed by atoms with Crippen molar-refractivity contribution in [2.24, 2.45) is 5.73 Å². The van der Waals surface area contributed by atoms with E-state index in [1.54, 1.807) is 18.3 Å². The van der Waals surface area contributed by atoms with Crippen LogP contribution in [-0.4, -0.2) is 10.9 Å². The summed E-state index contributed by atoms with van der Waals surface area (Å²) in [5.41, 5.74) is 14.8. The van der Waals surface area contributed by atoms with E-state index in [0.717, 1.165) is 22.0 Å². The number of H-pyrrole nitrogens is 1. The van der Waals surface area contributed by atoms with Crippen LogP contribution in [0.2, 0.25) is 5.02 Å². The van der Waals surface area contributed by atoms with Gasteiger partial charge in [-0.2, -0.15) is 0 Å². The van der Waals surface area contributed by atoms with Crippen molar-refractivity contribution in [1.82, 2.24) is 4.98 Å². The number of halogens is 1. The smallest absolute Gasteiger partial charge is 0.250 e. The van der Waals surface area contributed by atoms with Gasteiger partial charge in [-0.25, -0.2) is 0 Å². The average molecular weight is 286 g/mol. The molecule has 0 bridgehead atoms. The molecule has 0 spiro atoms. The minimum absolute atomic E-state index is 0.459. The first-order chi connectivity index (χ1) is 9.58. The van der Waals surface area contributed by atoms with Crippen molar-refractivity contribution in [1.29, 1.82) is 0 Å². The highest BCUT2D eigenvalue weighted by Gasteiger charge is 2.12. The van der Waals surface area contributed by atoms with Crippen molar-refractivity contribution in [2.45, 2.75) is 0 Å². The summed E-state index contributed by atoms with van der Waals surface area (Å²) < 4.78 is 0. The number of carbonyl (C=O) groups is 1. The van der Waals surface area contributed by atoms with Crippen LogP contribution in [0, 0.1) is 0 Å². The lowest BCUT2D eigenvalue weighted by Gasteiger charge is -2.08. The summed E-state index contributed by atoms with van der Waals surface area (Å²) in [6.45, 7) is 0. The number of carbonyl (C=O) groups excluding carboxylic acids is 1. The minimum Gasteiger partial charge on any atom is -0.398 e. The Hall–Kier alpha value is -2.46. The molecule has 3 aromatic rings. The van der Waals surface area contributed by atoms with Gasteiger partial charge in [0.2, 0.25) is 0 Å². The van der Waals surface area contributed by atoms with Crippen LogP contribution in [0.25, 0.3) is 22.0 Å². The van der Waals surface area contributed by atoms with Gasteiger partial charge in [-0.1, -0.05) is 23.7 Å². The molecule has 1 aromatic heterocycles. The summed E-state index contributed by atoms with van der Waals surface area (Å²) >= 11 is 5.94. The third kappa shape index (κ3) is 1.90. The summed E-state index contributed by atoms with van der Waals surface area (Å²) in [6, 6.07) is 10.9. The fourth-order valence-corrected chi connectivity index (χ4v) is 2.44. The van der Waals surface area contributed by atoms with Gasteiger partial charge in [0.05, 0.1) is 21.8 Å². The number of primary amides is 1. The Bertz CT molecular complexity index is 823. The predicted molar refractivity (Wildman–Crippen MR) is 81.7 cm³/mol. The lowest BCUT2D eigenvalue weighted by atomic mass is 9.98. The number of benzene rings is 2. The summed E-state index contributed by atoms with van der Waals surface area (Å²) in [7, 11) is 0. The maximum absolute atomic E-state index is 11.4. The number of fused-ring (bicyclic) bond motifs is 1. The highest BCUT2D eigenvalue weighted by molar-refractivity contribution is 6.33. The number of nitrogens with two attached hydrogens (primary N) is 2. The number of aromatic nitrogens is 1. The fourth-order valence-electron chi connectivity index (χ4n) is 2.32. The Morgan fingerprint density at radius 3 is 2.65 bits per heavy atom.